The minimum Gasteiger partial charge on any atom is -0.496 e. The maximum absolute atomic E-state index is 12.3. The number of aromatic nitrogens is 4. The van der Waals surface area contributed by atoms with Crippen molar-refractivity contribution in [1.29, 1.82) is 0 Å². The average molecular weight is 387 g/mol. The molecule has 138 valence electrons. The molecule has 0 saturated heterocycles. The second-order valence-corrected chi connectivity index (χ2v) is 6.55. The Balaban J connectivity index is 1.76. The summed E-state index contributed by atoms with van der Waals surface area (Å²) in [6, 6.07) is 6.14. The van der Waals surface area contributed by atoms with Gasteiger partial charge in [-0.3, -0.25) is 23.9 Å². The van der Waals surface area contributed by atoms with Crippen molar-refractivity contribution in [2.75, 3.05) is 7.11 Å². The lowest BCUT2D eigenvalue weighted by atomic mass is 10.3. The van der Waals surface area contributed by atoms with Gasteiger partial charge in [-0.1, -0.05) is 0 Å². The standard InChI is InChI=1S/C16H13N5O5S/c1-19-15(22)14-10(5-6-27-14)20-13(17-18-16(19)20)8-26-12-4-3-9(25-2)7-11(12)21(23)24/h3-7H,8H2,1-2H3. The van der Waals surface area contributed by atoms with E-state index in [-0.39, 0.29) is 23.6 Å². The molecule has 11 heteroatoms. The molecule has 27 heavy (non-hydrogen) atoms. The first-order valence-corrected chi connectivity index (χ1v) is 8.64. The van der Waals surface area contributed by atoms with E-state index in [4.69, 9.17) is 9.47 Å². The first-order chi connectivity index (χ1) is 13.0. The third kappa shape index (κ3) is 2.68. The maximum Gasteiger partial charge on any atom is 0.314 e. The van der Waals surface area contributed by atoms with Gasteiger partial charge in [-0.25, -0.2) is 0 Å². The van der Waals surface area contributed by atoms with Gasteiger partial charge in [0, 0.05) is 7.05 Å². The van der Waals surface area contributed by atoms with Crippen molar-refractivity contribution in [3.05, 3.63) is 55.9 Å². The summed E-state index contributed by atoms with van der Waals surface area (Å²) in [5.41, 5.74) is 0.306. The highest BCUT2D eigenvalue weighted by molar-refractivity contribution is 7.17. The Kier molecular flexibility index (Phi) is 4.00. The Morgan fingerprint density at radius 3 is 2.85 bits per heavy atom. The number of ether oxygens (including phenoxy) is 2. The van der Waals surface area contributed by atoms with Crippen LogP contribution in [-0.4, -0.2) is 31.2 Å². The Bertz CT molecular complexity index is 1240. The summed E-state index contributed by atoms with van der Waals surface area (Å²) in [5.74, 6) is 1.24. The molecule has 0 aliphatic rings. The first kappa shape index (κ1) is 17.0. The van der Waals surface area contributed by atoms with Crippen molar-refractivity contribution in [1.82, 2.24) is 19.2 Å². The van der Waals surface area contributed by atoms with E-state index < -0.39 is 4.92 Å². The van der Waals surface area contributed by atoms with Gasteiger partial charge in [0.25, 0.3) is 5.56 Å². The lowest BCUT2D eigenvalue weighted by molar-refractivity contribution is -0.386. The number of nitro benzene ring substituents is 1. The molecule has 3 aromatic heterocycles. The van der Waals surface area contributed by atoms with Gasteiger partial charge in [0.15, 0.2) is 11.6 Å². The fourth-order valence-corrected chi connectivity index (χ4v) is 3.63. The largest absolute Gasteiger partial charge is 0.496 e. The molecule has 0 aliphatic heterocycles. The normalized spacial score (nSPS) is 11.2. The Morgan fingerprint density at radius 1 is 1.30 bits per heavy atom. The molecule has 10 nitrogen and oxygen atoms in total. The molecule has 0 aliphatic carbocycles. The predicted octanol–water partition coefficient (Wildman–Crippen LogP) is 2.14. The lowest BCUT2D eigenvalue weighted by Gasteiger charge is -2.08. The van der Waals surface area contributed by atoms with Crippen molar-refractivity contribution >= 4 is 33.0 Å². The molecule has 0 saturated carbocycles. The fraction of sp³-hybridized carbons (Fsp3) is 0.188. The lowest BCUT2D eigenvalue weighted by Crippen LogP contribution is -2.19. The summed E-state index contributed by atoms with van der Waals surface area (Å²) >= 11 is 1.33. The zero-order valence-electron chi connectivity index (χ0n) is 14.3. The molecule has 0 atom stereocenters. The highest BCUT2D eigenvalue weighted by Crippen LogP contribution is 2.31. The highest BCUT2D eigenvalue weighted by atomic mass is 32.1. The number of nitrogens with zero attached hydrogens (tertiary/aromatic N) is 5. The molecule has 0 unspecified atom stereocenters. The molecule has 0 N–H and O–H groups in total. The van der Waals surface area contributed by atoms with E-state index >= 15 is 0 Å². The quantitative estimate of drug-likeness (QED) is 0.381. The molecule has 0 amide bonds. The molecular weight excluding hydrogens is 374 g/mol. The molecule has 3 heterocycles. The average Bonchev–Trinajstić information content (AvgIpc) is 3.31. The van der Waals surface area contributed by atoms with Gasteiger partial charge in [0.1, 0.15) is 17.1 Å². The van der Waals surface area contributed by atoms with Gasteiger partial charge in [0.2, 0.25) is 5.78 Å². The van der Waals surface area contributed by atoms with Gasteiger partial charge in [0.05, 0.1) is 23.6 Å². The minimum absolute atomic E-state index is 0.0580. The molecule has 0 spiro atoms. The van der Waals surface area contributed by atoms with Crippen molar-refractivity contribution in [2.45, 2.75) is 6.61 Å². The Hall–Kier alpha value is -3.47. The van der Waals surface area contributed by atoms with Crippen LogP contribution in [0.3, 0.4) is 0 Å². The Morgan fingerprint density at radius 2 is 2.11 bits per heavy atom. The highest BCUT2D eigenvalue weighted by Gasteiger charge is 2.19. The molecule has 0 fully saturated rings. The number of aryl methyl sites for hydroxylation is 1. The van der Waals surface area contributed by atoms with E-state index in [1.54, 1.807) is 23.6 Å². The summed E-state index contributed by atoms with van der Waals surface area (Å²) in [7, 11) is 3.04. The zero-order valence-corrected chi connectivity index (χ0v) is 15.1. The van der Waals surface area contributed by atoms with Crippen LogP contribution >= 0.6 is 11.3 Å². The van der Waals surface area contributed by atoms with E-state index in [0.29, 0.717) is 27.6 Å². The zero-order chi connectivity index (χ0) is 19.1. The van der Waals surface area contributed by atoms with Gasteiger partial charge in [-0.2, -0.15) is 0 Å². The van der Waals surface area contributed by atoms with Crippen LogP contribution in [0.15, 0.2) is 34.4 Å². The molecule has 0 bridgehead atoms. The molecule has 0 radical (unpaired) electrons. The van der Waals surface area contributed by atoms with Gasteiger partial charge < -0.3 is 9.47 Å². The summed E-state index contributed by atoms with van der Waals surface area (Å²) in [5, 5.41) is 21.2. The van der Waals surface area contributed by atoms with Crippen molar-refractivity contribution < 1.29 is 14.4 Å². The number of hydrogen-bond donors (Lipinski definition) is 0. The number of rotatable bonds is 5. The van der Waals surface area contributed by atoms with Gasteiger partial charge in [-0.05, 0) is 23.6 Å². The fourth-order valence-electron chi connectivity index (χ4n) is 2.78. The molecule has 1 aromatic carbocycles. The third-order valence-electron chi connectivity index (χ3n) is 4.12. The summed E-state index contributed by atoms with van der Waals surface area (Å²) < 4.78 is 14.3. The van der Waals surface area contributed by atoms with Crippen LogP contribution in [0.5, 0.6) is 11.5 Å². The van der Waals surface area contributed by atoms with Crippen LogP contribution in [-0.2, 0) is 13.7 Å². The van der Waals surface area contributed by atoms with Crippen molar-refractivity contribution in [2.24, 2.45) is 7.05 Å². The van der Waals surface area contributed by atoms with E-state index in [1.165, 1.54) is 35.1 Å². The van der Waals surface area contributed by atoms with Crippen LogP contribution in [0.4, 0.5) is 5.69 Å². The van der Waals surface area contributed by atoms with Crippen molar-refractivity contribution in [3.63, 3.8) is 0 Å². The van der Waals surface area contributed by atoms with Crippen LogP contribution in [0.25, 0.3) is 16.0 Å². The Labute approximate surface area is 155 Å². The van der Waals surface area contributed by atoms with Crippen LogP contribution in [0.1, 0.15) is 5.82 Å². The topological polar surface area (TPSA) is 114 Å². The minimum atomic E-state index is -0.541. The number of hydrogen-bond acceptors (Lipinski definition) is 8. The van der Waals surface area contributed by atoms with E-state index in [1.807, 2.05) is 5.38 Å². The first-order valence-electron chi connectivity index (χ1n) is 7.76. The third-order valence-corrected chi connectivity index (χ3v) is 5.01. The molecule has 4 rings (SSSR count). The van der Waals surface area contributed by atoms with E-state index in [0.717, 1.165) is 0 Å². The molecule has 4 aromatic rings. The number of methoxy groups -OCH3 is 1. The maximum atomic E-state index is 12.3. The van der Waals surface area contributed by atoms with Gasteiger partial charge >= 0.3 is 5.69 Å². The second-order valence-electron chi connectivity index (χ2n) is 5.63. The van der Waals surface area contributed by atoms with Gasteiger partial charge in [-0.15, -0.1) is 21.5 Å². The van der Waals surface area contributed by atoms with Crippen LogP contribution in [0, 0.1) is 10.1 Å². The van der Waals surface area contributed by atoms with E-state index in [9.17, 15) is 14.9 Å². The van der Waals surface area contributed by atoms with Crippen LogP contribution in [0.2, 0.25) is 0 Å². The number of thiophene rings is 1. The smallest absolute Gasteiger partial charge is 0.314 e. The van der Waals surface area contributed by atoms with Crippen molar-refractivity contribution in [3.8, 4) is 11.5 Å². The summed E-state index contributed by atoms with van der Waals surface area (Å²) in [4.78, 5) is 23.1. The van der Waals surface area contributed by atoms with E-state index in [2.05, 4.69) is 10.2 Å². The SMILES string of the molecule is COc1ccc(OCc2nnc3n(C)c(=O)c4sccc4n23)c([N+](=O)[O-])c1. The number of fused-ring (bicyclic) bond motifs is 3. The van der Waals surface area contributed by atoms with Crippen LogP contribution < -0.4 is 15.0 Å². The number of nitro groups is 1. The number of benzene rings is 1. The summed E-state index contributed by atoms with van der Waals surface area (Å²) in [6.45, 7) is -0.0580. The summed E-state index contributed by atoms with van der Waals surface area (Å²) in [6.07, 6.45) is 0. The second kappa shape index (κ2) is 6.36. The monoisotopic (exact) mass is 387 g/mol. The predicted molar refractivity (Wildman–Crippen MR) is 97.6 cm³/mol. The molecular formula is C16H13N5O5S.